The fraction of sp³-hybridized carbons (Fsp3) is 0.483. The summed E-state index contributed by atoms with van der Waals surface area (Å²) in [6, 6.07) is 12.5. The second-order valence-electron chi connectivity index (χ2n) is 9.00. The highest BCUT2D eigenvalue weighted by molar-refractivity contribution is 6.31. The molecule has 3 rings (SSSR count). The summed E-state index contributed by atoms with van der Waals surface area (Å²) in [5, 5.41) is 5.31. The second kappa shape index (κ2) is 13.7. The maximum atomic E-state index is 6.32. The number of benzene rings is 2. The third-order valence-corrected chi connectivity index (χ3v) is 6.49. The van der Waals surface area contributed by atoms with Gasteiger partial charge in [-0.25, -0.2) is 0 Å². The largest absolute Gasteiger partial charge is 0.493 e. The summed E-state index contributed by atoms with van der Waals surface area (Å²) in [5.41, 5.74) is 7.70. The van der Waals surface area contributed by atoms with E-state index in [1.807, 2.05) is 31.6 Å². The van der Waals surface area contributed by atoms with Crippen LogP contribution in [0.1, 0.15) is 49.4 Å². The molecule has 0 unspecified atom stereocenters. The topological polar surface area (TPSA) is 45.5 Å². The van der Waals surface area contributed by atoms with Gasteiger partial charge in [-0.2, -0.15) is 5.10 Å². The number of halogens is 1. The molecule has 0 spiro atoms. The first-order valence-corrected chi connectivity index (χ1v) is 13.0. The van der Waals surface area contributed by atoms with Crippen molar-refractivity contribution in [3.63, 3.8) is 0 Å². The number of hydrogen-bond acceptors (Lipinski definition) is 4. The highest BCUT2D eigenvalue weighted by atomic mass is 35.5. The number of aromatic nitrogens is 2. The Hall–Kier alpha value is -2.34. The van der Waals surface area contributed by atoms with E-state index < -0.39 is 0 Å². The first-order chi connectivity index (χ1) is 16.9. The maximum Gasteiger partial charge on any atom is 0.127 e. The third kappa shape index (κ3) is 7.57. The van der Waals surface area contributed by atoms with E-state index in [1.54, 1.807) is 0 Å². The Balaban J connectivity index is 1.67. The van der Waals surface area contributed by atoms with Crippen molar-refractivity contribution in [2.45, 2.75) is 53.4 Å². The number of nitrogens with zero attached hydrogens (tertiary/aromatic N) is 2. The highest BCUT2D eigenvalue weighted by Crippen LogP contribution is 2.40. The molecule has 6 heteroatoms. The minimum absolute atomic E-state index is 0.669. The van der Waals surface area contributed by atoms with Crippen molar-refractivity contribution >= 4 is 11.6 Å². The van der Waals surface area contributed by atoms with Gasteiger partial charge >= 0.3 is 0 Å². The molecule has 190 valence electrons. The Bertz CT molecular complexity index is 1090. The molecule has 1 heterocycles. The summed E-state index contributed by atoms with van der Waals surface area (Å²) >= 11 is 6.32. The minimum atomic E-state index is 0.669. The fourth-order valence-electron chi connectivity index (χ4n) is 4.24. The van der Waals surface area contributed by atoms with Gasteiger partial charge in [-0.15, -0.1) is 0 Å². The zero-order valence-corrected chi connectivity index (χ0v) is 22.6. The van der Waals surface area contributed by atoms with Crippen molar-refractivity contribution in [3.8, 4) is 28.1 Å². The SMILES string of the molecule is CCCOCCOCCCCCOc1ccc(-c2cc(C)nn2C)c(C)c1-c1ccc(Cl)c(C)c1. The van der Waals surface area contributed by atoms with Gasteiger partial charge in [0, 0.05) is 36.4 Å². The van der Waals surface area contributed by atoms with Gasteiger partial charge in [0.05, 0.1) is 31.2 Å². The van der Waals surface area contributed by atoms with E-state index in [4.69, 9.17) is 25.8 Å². The van der Waals surface area contributed by atoms with Crippen molar-refractivity contribution in [1.29, 1.82) is 0 Å². The van der Waals surface area contributed by atoms with Crippen LogP contribution in [-0.4, -0.2) is 42.8 Å². The van der Waals surface area contributed by atoms with Gasteiger partial charge in [-0.05, 0) is 93.5 Å². The third-order valence-electron chi connectivity index (χ3n) is 6.06. The predicted octanol–water partition coefficient (Wildman–Crippen LogP) is 7.33. The normalized spacial score (nSPS) is 11.3. The summed E-state index contributed by atoms with van der Waals surface area (Å²) in [6.07, 6.45) is 4.12. The monoisotopic (exact) mass is 498 g/mol. The minimum Gasteiger partial charge on any atom is -0.493 e. The smallest absolute Gasteiger partial charge is 0.127 e. The fourth-order valence-corrected chi connectivity index (χ4v) is 4.36. The molecular formula is C29H39ClN2O3. The maximum absolute atomic E-state index is 6.32. The molecule has 0 aliphatic rings. The van der Waals surface area contributed by atoms with Crippen LogP contribution in [-0.2, 0) is 16.5 Å². The average Bonchev–Trinajstić information content (AvgIpc) is 3.17. The number of aryl methyl sites for hydroxylation is 3. The van der Waals surface area contributed by atoms with E-state index in [0.29, 0.717) is 19.8 Å². The summed E-state index contributed by atoms with van der Waals surface area (Å²) < 4.78 is 19.3. The number of ether oxygens (including phenoxy) is 3. The van der Waals surface area contributed by atoms with E-state index >= 15 is 0 Å². The average molecular weight is 499 g/mol. The number of unbranched alkanes of at least 4 members (excludes halogenated alkanes) is 2. The van der Waals surface area contributed by atoms with E-state index in [9.17, 15) is 0 Å². The molecule has 2 aromatic carbocycles. The molecule has 0 N–H and O–H groups in total. The molecule has 0 aliphatic heterocycles. The van der Waals surface area contributed by atoms with Crippen LogP contribution in [0.3, 0.4) is 0 Å². The quantitative estimate of drug-likeness (QED) is 0.218. The Kier molecular flexibility index (Phi) is 10.6. The molecular weight excluding hydrogens is 460 g/mol. The molecule has 35 heavy (non-hydrogen) atoms. The molecule has 0 radical (unpaired) electrons. The molecule has 0 amide bonds. The van der Waals surface area contributed by atoms with E-state index in [2.05, 4.69) is 49.3 Å². The van der Waals surface area contributed by atoms with Crippen molar-refractivity contribution in [1.82, 2.24) is 9.78 Å². The van der Waals surface area contributed by atoms with Crippen LogP contribution >= 0.6 is 11.6 Å². The molecule has 0 atom stereocenters. The molecule has 1 aromatic heterocycles. The van der Waals surface area contributed by atoms with E-state index in [1.165, 1.54) is 5.56 Å². The van der Waals surface area contributed by atoms with Crippen molar-refractivity contribution in [2.75, 3.05) is 33.0 Å². The number of hydrogen-bond donors (Lipinski definition) is 0. The van der Waals surface area contributed by atoms with Crippen LogP contribution in [0.5, 0.6) is 5.75 Å². The van der Waals surface area contributed by atoms with Gasteiger partial charge in [0.1, 0.15) is 5.75 Å². The van der Waals surface area contributed by atoms with Crippen LogP contribution in [0.15, 0.2) is 36.4 Å². The van der Waals surface area contributed by atoms with E-state index in [-0.39, 0.29) is 0 Å². The number of rotatable bonds is 14. The Morgan fingerprint density at radius 2 is 1.60 bits per heavy atom. The van der Waals surface area contributed by atoms with Crippen LogP contribution in [0.25, 0.3) is 22.4 Å². The second-order valence-corrected chi connectivity index (χ2v) is 9.41. The van der Waals surface area contributed by atoms with Gasteiger partial charge in [-0.3, -0.25) is 4.68 Å². The van der Waals surface area contributed by atoms with E-state index in [0.717, 1.165) is 83.3 Å². The van der Waals surface area contributed by atoms with Gasteiger partial charge in [0.25, 0.3) is 0 Å². The predicted molar refractivity (Wildman–Crippen MR) is 145 cm³/mol. The molecule has 0 saturated heterocycles. The van der Waals surface area contributed by atoms with Crippen LogP contribution in [0.4, 0.5) is 0 Å². The molecule has 0 saturated carbocycles. The Labute approximate surface area is 215 Å². The van der Waals surface area contributed by atoms with Crippen molar-refractivity contribution < 1.29 is 14.2 Å². The molecule has 3 aromatic rings. The van der Waals surface area contributed by atoms with Crippen LogP contribution in [0, 0.1) is 20.8 Å². The first kappa shape index (κ1) is 27.3. The molecule has 0 bridgehead atoms. The summed E-state index contributed by atoms with van der Waals surface area (Å²) in [5.74, 6) is 0.899. The molecule has 0 aliphatic carbocycles. The summed E-state index contributed by atoms with van der Waals surface area (Å²) in [7, 11) is 1.99. The first-order valence-electron chi connectivity index (χ1n) is 12.6. The molecule has 0 fully saturated rings. The Morgan fingerprint density at radius 1 is 0.857 bits per heavy atom. The Morgan fingerprint density at radius 3 is 2.29 bits per heavy atom. The lowest BCUT2D eigenvalue weighted by molar-refractivity contribution is 0.0463. The van der Waals surface area contributed by atoms with Gasteiger partial charge in [-0.1, -0.05) is 24.6 Å². The lowest BCUT2D eigenvalue weighted by Crippen LogP contribution is -2.06. The highest BCUT2D eigenvalue weighted by Gasteiger charge is 2.17. The van der Waals surface area contributed by atoms with Crippen LogP contribution in [0.2, 0.25) is 5.02 Å². The zero-order chi connectivity index (χ0) is 25.2. The van der Waals surface area contributed by atoms with Gasteiger partial charge in [0.2, 0.25) is 0 Å². The van der Waals surface area contributed by atoms with Crippen LogP contribution < -0.4 is 4.74 Å². The lowest BCUT2D eigenvalue weighted by Gasteiger charge is -2.18. The lowest BCUT2D eigenvalue weighted by atomic mass is 9.93. The summed E-state index contributed by atoms with van der Waals surface area (Å²) in [6.45, 7) is 11.9. The van der Waals surface area contributed by atoms with Gasteiger partial charge < -0.3 is 14.2 Å². The van der Waals surface area contributed by atoms with Crippen molar-refractivity contribution in [2.24, 2.45) is 7.05 Å². The zero-order valence-electron chi connectivity index (χ0n) is 21.8. The van der Waals surface area contributed by atoms with Crippen molar-refractivity contribution in [3.05, 3.63) is 58.2 Å². The van der Waals surface area contributed by atoms with Gasteiger partial charge in [0.15, 0.2) is 0 Å². The molecule has 5 nitrogen and oxygen atoms in total. The standard InChI is InChI=1S/C29H39ClN2O3/c1-6-14-33-17-18-34-15-8-7-9-16-35-28-13-11-25(27-20-22(3)31-32(27)5)23(4)29(28)24-10-12-26(30)21(2)19-24/h10-13,19-20H,6-9,14-18H2,1-5H3. The summed E-state index contributed by atoms with van der Waals surface area (Å²) in [4.78, 5) is 0.